The molecule has 4 nitrogen and oxygen atoms in total. The van der Waals surface area contributed by atoms with E-state index in [1.807, 2.05) is 56.3 Å². The van der Waals surface area contributed by atoms with Crippen LogP contribution in [0.1, 0.15) is 31.1 Å². The number of hydrogen-bond donors (Lipinski definition) is 1. The van der Waals surface area contributed by atoms with Crippen molar-refractivity contribution in [3.05, 3.63) is 59.7 Å². The number of ether oxygens (including phenoxy) is 3. The number of aliphatic hydroxyl groups excluding tert-OH is 1. The molecule has 2 aromatic carbocycles. The number of allylic oxidation sites excluding steroid dienone is 1. The molecule has 2 atom stereocenters. The Balaban J connectivity index is 1.68. The Morgan fingerprint density at radius 3 is 2.57 bits per heavy atom. The highest BCUT2D eigenvalue weighted by Crippen LogP contribution is 2.35. The molecular formula is C19H20O4. The van der Waals surface area contributed by atoms with Gasteiger partial charge in [-0.3, -0.25) is 0 Å². The highest BCUT2D eigenvalue weighted by molar-refractivity contribution is 5.50. The molecule has 0 aromatic heterocycles. The Kier molecular flexibility index (Phi) is 4.53. The number of aliphatic hydroxyl groups is 1. The molecule has 120 valence electrons. The van der Waals surface area contributed by atoms with E-state index in [0.717, 1.165) is 16.9 Å². The maximum absolute atomic E-state index is 10.5. The zero-order valence-corrected chi connectivity index (χ0v) is 13.2. The van der Waals surface area contributed by atoms with E-state index in [1.165, 1.54) is 0 Å². The lowest BCUT2D eigenvalue weighted by atomic mass is 10.0. The van der Waals surface area contributed by atoms with Crippen molar-refractivity contribution in [2.24, 2.45) is 0 Å². The summed E-state index contributed by atoms with van der Waals surface area (Å²) >= 11 is 0. The van der Waals surface area contributed by atoms with Gasteiger partial charge in [0.15, 0.2) is 11.5 Å². The second-order valence-corrected chi connectivity index (χ2v) is 5.45. The van der Waals surface area contributed by atoms with Gasteiger partial charge in [0, 0.05) is 0 Å². The first-order valence-electron chi connectivity index (χ1n) is 7.64. The summed E-state index contributed by atoms with van der Waals surface area (Å²) in [6.45, 7) is 4.04. The maximum atomic E-state index is 10.5. The van der Waals surface area contributed by atoms with Gasteiger partial charge in [-0.05, 0) is 49.2 Å². The first-order valence-corrected chi connectivity index (χ1v) is 7.64. The van der Waals surface area contributed by atoms with E-state index in [4.69, 9.17) is 14.2 Å². The third-order valence-corrected chi connectivity index (χ3v) is 3.74. The fourth-order valence-corrected chi connectivity index (χ4v) is 2.50. The molecule has 0 aliphatic carbocycles. The minimum absolute atomic E-state index is 0.222. The molecule has 1 N–H and O–H groups in total. The third-order valence-electron chi connectivity index (χ3n) is 3.74. The predicted octanol–water partition coefficient (Wildman–Crippen LogP) is 3.95. The van der Waals surface area contributed by atoms with E-state index in [1.54, 1.807) is 12.1 Å². The highest BCUT2D eigenvalue weighted by atomic mass is 16.7. The monoisotopic (exact) mass is 312 g/mol. The van der Waals surface area contributed by atoms with Crippen molar-refractivity contribution in [2.75, 3.05) is 6.79 Å². The summed E-state index contributed by atoms with van der Waals surface area (Å²) in [6.07, 6.45) is 2.87. The standard InChI is InChI=1S/C19H20O4/c1-3-4-14-5-8-16(9-6-14)23-13(2)19(20)15-7-10-17-18(11-15)22-12-21-17/h3-11,13,19-20H,12H2,1-2H3/t13-,19+/m1/s1. The van der Waals surface area contributed by atoms with Crippen LogP contribution in [0.3, 0.4) is 0 Å². The number of rotatable bonds is 5. The van der Waals surface area contributed by atoms with Crippen molar-refractivity contribution in [1.29, 1.82) is 0 Å². The summed E-state index contributed by atoms with van der Waals surface area (Å²) in [5, 5.41) is 10.5. The number of hydrogen-bond acceptors (Lipinski definition) is 4. The molecule has 0 saturated carbocycles. The average molecular weight is 312 g/mol. The van der Waals surface area contributed by atoms with Crippen LogP contribution in [0.2, 0.25) is 0 Å². The van der Waals surface area contributed by atoms with Gasteiger partial charge in [-0.1, -0.05) is 30.4 Å². The lowest BCUT2D eigenvalue weighted by Crippen LogP contribution is -2.21. The van der Waals surface area contributed by atoms with Crippen molar-refractivity contribution < 1.29 is 19.3 Å². The van der Waals surface area contributed by atoms with Gasteiger partial charge < -0.3 is 19.3 Å². The van der Waals surface area contributed by atoms with E-state index >= 15 is 0 Å². The molecule has 0 spiro atoms. The normalized spacial score (nSPS) is 15.6. The predicted molar refractivity (Wildman–Crippen MR) is 88.8 cm³/mol. The van der Waals surface area contributed by atoms with Crippen molar-refractivity contribution in [1.82, 2.24) is 0 Å². The topological polar surface area (TPSA) is 47.9 Å². The minimum Gasteiger partial charge on any atom is -0.488 e. The average Bonchev–Trinajstić information content (AvgIpc) is 3.03. The SMILES string of the molecule is CC=Cc1ccc(O[C@H](C)[C@H](O)c2ccc3c(c2)OCO3)cc1. The summed E-state index contributed by atoms with van der Waals surface area (Å²) < 4.78 is 16.5. The van der Waals surface area contributed by atoms with Gasteiger partial charge in [-0.2, -0.15) is 0 Å². The highest BCUT2D eigenvalue weighted by Gasteiger charge is 2.21. The van der Waals surface area contributed by atoms with Gasteiger partial charge in [0.2, 0.25) is 6.79 Å². The molecule has 0 bridgehead atoms. The van der Waals surface area contributed by atoms with Gasteiger partial charge in [0.1, 0.15) is 18.0 Å². The summed E-state index contributed by atoms with van der Waals surface area (Å²) in [4.78, 5) is 0. The molecule has 1 aliphatic rings. The van der Waals surface area contributed by atoms with Gasteiger partial charge >= 0.3 is 0 Å². The first-order chi connectivity index (χ1) is 11.2. The van der Waals surface area contributed by atoms with Gasteiger partial charge in [0.05, 0.1) is 0 Å². The summed E-state index contributed by atoms with van der Waals surface area (Å²) in [5.74, 6) is 2.09. The van der Waals surface area contributed by atoms with E-state index in [2.05, 4.69) is 0 Å². The largest absolute Gasteiger partial charge is 0.488 e. The maximum Gasteiger partial charge on any atom is 0.231 e. The zero-order chi connectivity index (χ0) is 16.2. The summed E-state index contributed by atoms with van der Waals surface area (Å²) in [6, 6.07) is 13.2. The van der Waals surface area contributed by atoms with Gasteiger partial charge in [-0.15, -0.1) is 0 Å². The van der Waals surface area contributed by atoms with Crippen LogP contribution in [0.5, 0.6) is 17.2 Å². The smallest absolute Gasteiger partial charge is 0.231 e. The molecule has 2 aromatic rings. The summed E-state index contributed by atoms with van der Waals surface area (Å²) in [5.41, 5.74) is 1.86. The zero-order valence-electron chi connectivity index (χ0n) is 13.2. The van der Waals surface area contributed by atoms with Crippen LogP contribution in [-0.2, 0) is 0 Å². The van der Waals surface area contributed by atoms with Crippen molar-refractivity contribution >= 4 is 6.08 Å². The first kappa shape index (κ1) is 15.4. The van der Waals surface area contributed by atoms with Crippen LogP contribution in [0.4, 0.5) is 0 Å². The quantitative estimate of drug-likeness (QED) is 0.908. The molecular weight excluding hydrogens is 292 g/mol. The molecule has 3 rings (SSSR count). The van der Waals surface area contributed by atoms with Gasteiger partial charge in [-0.25, -0.2) is 0 Å². The van der Waals surface area contributed by atoms with Crippen LogP contribution in [0.15, 0.2) is 48.5 Å². The molecule has 0 saturated heterocycles. The number of benzene rings is 2. The molecule has 1 heterocycles. The van der Waals surface area contributed by atoms with Crippen LogP contribution >= 0.6 is 0 Å². The van der Waals surface area contributed by atoms with Crippen molar-refractivity contribution in [3.8, 4) is 17.2 Å². The fraction of sp³-hybridized carbons (Fsp3) is 0.263. The summed E-state index contributed by atoms with van der Waals surface area (Å²) in [7, 11) is 0. The molecule has 0 amide bonds. The van der Waals surface area contributed by atoms with Crippen LogP contribution in [0, 0.1) is 0 Å². The Hall–Kier alpha value is -2.46. The van der Waals surface area contributed by atoms with E-state index in [0.29, 0.717) is 11.5 Å². The van der Waals surface area contributed by atoms with Crippen molar-refractivity contribution in [2.45, 2.75) is 26.1 Å². The minimum atomic E-state index is -0.750. The van der Waals surface area contributed by atoms with Crippen LogP contribution < -0.4 is 14.2 Å². The molecule has 4 heteroatoms. The van der Waals surface area contributed by atoms with Gasteiger partial charge in [0.25, 0.3) is 0 Å². The lowest BCUT2D eigenvalue weighted by Gasteiger charge is -2.21. The molecule has 1 aliphatic heterocycles. The Bertz CT molecular complexity index is 691. The molecule has 0 unspecified atom stereocenters. The fourth-order valence-electron chi connectivity index (χ4n) is 2.50. The van der Waals surface area contributed by atoms with E-state index < -0.39 is 6.10 Å². The van der Waals surface area contributed by atoms with Crippen LogP contribution in [0.25, 0.3) is 6.08 Å². The van der Waals surface area contributed by atoms with Crippen molar-refractivity contribution in [3.63, 3.8) is 0 Å². The molecule has 23 heavy (non-hydrogen) atoms. The Morgan fingerprint density at radius 2 is 1.83 bits per heavy atom. The van der Waals surface area contributed by atoms with E-state index in [-0.39, 0.29) is 12.9 Å². The van der Waals surface area contributed by atoms with Crippen LogP contribution in [-0.4, -0.2) is 18.0 Å². The Labute approximate surface area is 135 Å². The Morgan fingerprint density at radius 1 is 1.09 bits per heavy atom. The van der Waals surface area contributed by atoms with E-state index in [9.17, 15) is 5.11 Å². The lowest BCUT2D eigenvalue weighted by molar-refractivity contribution is 0.0466. The molecule has 0 radical (unpaired) electrons. The second kappa shape index (κ2) is 6.75. The number of fused-ring (bicyclic) bond motifs is 1. The molecule has 0 fully saturated rings. The third kappa shape index (κ3) is 3.48. The second-order valence-electron chi connectivity index (χ2n) is 5.45.